The Bertz CT molecular complexity index is 458. The molecule has 0 heterocycles. The van der Waals surface area contributed by atoms with E-state index in [4.69, 9.17) is 29.8 Å². The monoisotopic (exact) mass is 305 g/mol. The Hall–Kier alpha value is -1.09. The largest absolute Gasteiger partial charge is 0.476 e. The van der Waals surface area contributed by atoms with E-state index in [9.17, 15) is 18.7 Å². The maximum Gasteiger partial charge on any atom is 0.365 e. The zero-order valence-electron chi connectivity index (χ0n) is 8.66. The van der Waals surface area contributed by atoms with Crippen LogP contribution in [0, 0.1) is 0 Å². The van der Waals surface area contributed by atoms with Crippen molar-refractivity contribution >= 4 is 32.8 Å². The Kier molecular flexibility index (Phi) is 4.59. The molecule has 0 aromatic heterocycles. The fourth-order valence-electron chi connectivity index (χ4n) is 0.699. The minimum atomic E-state index is -5.62. The lowest BCUT2D eigenvalue weighted by Gasteiger charge is -2.26. The van der Waals surface area contributed by atoms with Crippen LogP contribution in [-0.4, -0.2) is 52.5 Å². The van der Waals surface area contributed by atoms with E-state index in [1.54, 1.807) is 0 Å². The van der Waals surface area contributed by atoms with Gasteiger partial charge in [0.15, 0.2) is 0 Å². The second kappa shape index (κ2) is 4.88. The smallest absolute Gasteiger partial charge is 0.365 e. The number of hydrogen-bond donors (Lipinski definition) is 6. The summed E-state index contributed by atoms with van der Waals surface area (Å²) in [6.45, 7) is 0.264. The zero-order valence-corrected chi connectivity index (χ0v) is 10.4. The first-order chi connectivity index (χ1) is 7.74. The van der Waals surface area contributed by atoms with Gasteiger partial charge in [-0.3, -0.25) is 9.13 Å². The van der Waals surface area contributed by atoms with Crippen LogP contribution in [0.2, 0.25) is 0 Å². The molecule has 0 aliphatic rings. The van der Waals surface area contributed by atoms with Crippen LogP contribution in [0.25, 0.3) is 0 Å². The maximum absolute atomic E-state index is 11.0. The number of hydrogen-bond acceptors (Lipinski definition) is 5. The van der Waals surface area contributed by atoms with Gasteiger partial charge in [-0.2, -0.15) is 0 Å². The van der Waals surface area contributed by atoms with Crippen molar-refractivity contribution < 1.29 is 48.5 Å². The van der Waals surface area contributed by atoms with Gasteiger partial charge in [0.05, 0.1) is 0 Å². The minimum absolute atomic E-state index is 0.264. The van der Waals surface area contributed by atoms with Crippen molar-refractivity contribution in [3.63, 3.8) is 0 Å². The molecule has 0 rings (SSSR count). The average molecular weight is 305 g/mol. The van der Waals surface area contributed by atoms with Crippen molar-refractivity contribution in [1.82, 2.24) is 0 Å². The molecule has 0 aromatic rings. The average Bonchev–Trinajstić information content (AvgIpc) is 2.08. The first kappa shape index (κ1) is 16.9. The summed E-state index contributed by atoms with van der Waals surface area (Å²) >= 11 is 0. The summed E-state index contributed by atoms with van der Waals surface area (Å²) in [5, 5.41) is 13.4. The summed E-state index contributed by atoms with van der Waals surface area (Å²) in [4.78, 5) is 58.7. The standard InChI is InChI=1S/C5H9NO10P2/c1-5(17(11,12)13,18(14,15)16)6-2(3(7)8)4(9)10/h1H3,(H,7,8)(H,9,10)(H2,11,12,13)(H2,14,15,16). The van der Waals surface area contributed by atoms with Crippen LogP contribution in [-0.2, 0) is 18.7 Å². The van der Waals surface area contributed by atoms with E-state index in [-0.39, 0.29) is 6.92 Å². The third kappa shape index (κ3) is 3.22. The van der Waals surface area contributed by atoms with Crippen LogP contribution in [0.3, 0.4) is 0 Å². The molecule has 0 aromatic carbocycles. The molecule has 6 N–H and O–H groups in total. The number of aliphatic imine (C=N–C) groups is 1. The fourth-order valence-corrected chi connectivity index (χ4v) is 2.52. The Morgan fingerprint density at radius 3 is 1.39 bits per heavy atom. The van der Waals surface area contributed by atoms with E-state index in [1.807, 2.05) is 0 Å². The summed E-state index contributed by atoms with van der Waals surface area (Å²) in [5.74, 6) is -4.40. The van der Waals surface area contributed by atoms with E-state index < -0.39 is 37.9 Å². The molecule has 0 amide bonds. The highest BCUT2D eigenvalue weighted by Gasteiger charge is 2.57. The molecule has 104 valence electrons. The molecular weight excluding hydrogens is 296 g/mol. The number of carboxylic acid groups (broad SMARTS) is 2. The van der Waals surface area contributed by atoms with E-state index in [0.29, 0.717) is 0 Å². The summed E-state index contributed by atoms with van der Waals surface area (Å²) in [7, 11) is -11.2. The van der Waals surface area contributed by atoms with Gasteiger partial charge >= 0.3 is 27.1 Å². The van der Waals surface area contributed by atoms with Gasteiger partial charge in [0.25, 0.3) is 5.02 Å². The van der Waals surface area contributed by atoms with E-state index in [1.165, 1.54) is 0 Å². The van der Waals surface area contributed by atoms with Crippen LogP contribution in [0.5, 0.6) is 0 Å². The normalized spacial score (nSPS) is 12.9. The topological polar surface area (TPSA) is 202 Å². The van der Waals surface area contributed by atoms with E-state index in [2.05, 4.69) is 4.99 Å². The highest BCUT2D eigenvalue weighted by Crippen LogP contribution is 2.69. The van der Waals surface area contributed by atoms with Gasteiger partial charge in [0, 0.05) is 0 Å². The number of carboxylic acids is 2. The van der Waals surface area contributed by atoms with Crippen molar-refractivity contribution in [2.45, 2.75) is 11.9 Å². The fraction of sp³-hybridized carbons (Fsp3) is 0.400. The molecule has 18 heavy (non-hydrogen) atoms. The molecule has 0 bridgehead atoms. The van der Waals surface area contributed by atoms with Gasteiger partial charge in [-0.05, 0) is 6.92 Å². The lowest BCUT2D eigenvalue weighted by atomic mass is 10.4. The van der Waals surface area contributed by atoms with Crippen LogP contribution in [0.15, 0.2) is 4.99 Å². The SMILES string of the molecule is CC(N=C(C(=O)O)C(=O)O)(P(=O)(O)O)P(=O)(O)O. The molecule has 0 saturated carbocycles. The predicted molar refractivity (Wildman–Crippen MR) is 55.2 cm³/mol. The number of aliphatic carboxylic acids is 2. The summed E-state index contributed by atoms with van der Waals surface area (Å²) in [6.07, 6.45) is 0. The molecule has 0 spiro atoms. The Labute approximate surface area is 99.1 Å². The lowest BCUT2D eigenvalue weighted by Crippen LogP contribution is -2.31. The van der Waals surface area contributed by atoms with Crippen LogP contribution in [0.4, 0.5) is 0 Å². The van der Waals surface area contributed by atoms with Crippen molar-refractivity contribution in [3.8, 4) is 0 Å². The van der Waals surface area contributed by atoms with Gasteiger partial charge in [0.2, 0.25) is 5.71 Å². The van der Waals surface area contributed by atoms with E-state index in [0.717, 1.165) is 0 Å². The molecule has 0 aliphatic heterocycles. The molecule has 0 fully saturated rings. The highest BCUT2D eigenvalue weighted by atomic mass is 31.2. The van der Waals surface area contributed by atoms with E-state index >= 15 is 0 Å². The summed E-state index contributed by atoms with van der Waals surface area (Å²) < 4.78 is 22.0. The van der Waals surface area contributed by atoms with Gasteiger partial charge in [-0.15, -0.1) is 0 Å². The Balaban J connectivity index is 6.20. The summed E-state index contributed by atoms with van der Waals surface area (Å²) in [5.41, 5.74) is -1.80. The second-order valence-corrected chi connectivity index (χ2v) is 7.40. The molecule has 0 atom stereocenters. The van der Waals surface area contributed by atoms with Crippen LogP contribution >= 0.6 is 15.2 Å². The molecule has 0 unspecified atom stereocenters. The predicted octanol–water partition coefficient (Wildman–Crippen LogP) is -1.37. The molecule has 0 radical (unpaired) electrons. The quantitative estimate of drug-likeness (QED) is 0.199. The van der Waals surface area contributed by atoms with Crippen molar-refractivity contribution in [1.29, 1.82) is 0 Å². The van der Waals surface area contributed by atoms with Gasteiger partial charge in [-0.25, -0.2) is 14.6 Å². The lowest BCUT2D eigenvalue weighted by molar-refractivity contribution is -0.134. The molecular formula is C5H9NO10P2. The number of rotatable bonds is 5. The second-order valence-electron chi connectivity index (χ2n) is 3.13. The van der Waals surface area contributed by atoms with Gasteiger partial charge in [-0.1, -0.05) is 0 Å². The highest BCUT2D eigenvalue weighted by molar-refractivity contribution is 7.72. The first-order valence-corrected chi connectivity index (χ1v) is 7.14. The Morgan fingerprint density at radius 1 is 0.944 bits per heavy atom. The zero-order chi connectivity index (χ0) is 14.9. The third-order valence-electron chi connectivity index (χ3n) is 1.83. The Morgan fingerprint density at radius 2 is 1.22 bits per heavy atom. The molecule has 13 heteroatoms. The maximum atomic E-state index is 11.0. The molecule has 0 saturated heterocycles. The van der Waals surface area contributed by atoms with Crippen molar-refractivity contribution in [3.05, 3.63) is 0 Å². The third-order valence-corrected chi connectivity index (χ3v) is 5.80. The number of nitrogens with zero attached hydrogens (tertiary/aromatic N) is 1. The van der Waals surface area contributed by atoms with Crippen molar-refractivity contribution in [2.75, 3.05) is 0 Å². The van der Waals surface area contributed by atoms with Crippen LogP contribution in [0.1, 0.15) is 6.92 Å². The summed E-state index contributed by atoms with van der Waals surface area (Å²) in [6, 6.07) is 0. The van der Waals surface area contributed by atoms with Crippen LogP contribution < -0.4 is 0 Å². The molecule has 11 nitrogen and oxygen atoms in total. The minimum Gasteiger partial charge on any atom is -0.476 e. The molecule has 0 aliphatic carbocycles. The van der Waals surface area contributed by atoms with Gasteiger partial charge < -0.3 is 29.8 Å². The first-order valence-electron chi connectivity index (χ1n) is 3.92. The van der Waals surface area contributed by atoms with Gasteiger partial charge in [0.1, 0.15) is 0 Å². The van der Waals surface area contributed by atoms with Crippen molar-refractivity contribution in [2.24, 2.45) is 4.99 Å². The number of carbonyl (C=O) groups is 2.